The van der Waals surface area contributed by atoms with Gasteiger partial charge < -0.3 is 4.90 Å². The summed E-state index contributed by atoms with van der Waals surface area (Å²) in [6.45, 7) is 2.86. The summed E-state index contributed by atoms with van der Waals surface area (Å²) in [5.74, 6) is -0.204. The first-order valence-corrected chi connectivity index (χ1v) is 12.2. The lowest BCUT2D eigenvalue weighted by Crippen LogP contribution is -2.45. The maximum Gasteiger partial charge on any atom is 0.328 e. The van der Waals surface area contributed by atoms with E-state index in [1.807, 2.05) is 19.1 Å². The number of aryl methyl sites for hydroxylation is 3. The second kappa shape index (κ2) is 8.46. The Morgan fingerprint density at radius 3 is 2.31 bits per heavy atom. The number of benzene rings is 2. The molecule has 0 aliphatic carbocycles. The van der Waals surface area contributed by atoms with Crippen molar-refractivity contribution in [2.75, 3.05) is 23.9 Å². The average molecular weight is 457 g/mol. The van der Waals surface area contributed by atoms with Crippen molar-refractivity contribution in [3.05, 3.63) is 58.5 Å². The van der Waals surface area contributed by atoms with Crippen LogP contribution in [0.3, 0.4) is 0 Å². The fourth-order valence-corrected chi connectivity index (χ4v) is 5.78. The minimum Gasteiger partial charge on any atom is -0.341 e. The number of hydrogen-bond acceptors (Lipinski definition) is 4. The molecular formula is C23H28N4O4S. The minimum atomic E-state index is -4.06. The summed E-state index contributed by atoms with van der Waals surface area (Å²) in [6.07, 6.45) is 2.95. The molecule has 0 bridgehead atoms. The Labute approximate surface area is 187 Å². The number of likely N-dealkylation sites (tertiary alicyclic amines) is 1. The molecule has 9 heteroatoms. The Balaban J connectivity index is 1.80. The standard InChI is InChI=1S/C23H28N4O4S/c1-17-9-5-6-10-19(17)27(16-22(28)26-13-7-4-8-14-26)32(30,31)18-11-12-20-21(15-18)25(3)23(29)24(20)2/h5-6,9-12,15H,4,7-8,13-14,16H2,1-3H3. The van der Waals surface area contributed by atoms with Gasteiger partial charge in [-0.3, -0.25) is 18.2 Å². The summed E-state index contributed by atoms with van der Waals surface area (Å²) in [5.41, 5.74) is 2.16. The molecule has 0 unspecified atom stereocenters. The number of sulfonamides is 1. The highest BCUT2D eigenvalue weighted by atomic mass is 32.2. The number of carbonyl (C=O) groups is 1. The van der Waals surface area contributed by atoms with E-state index in [4.69, 9.17) is 0 Å². The third-order valence-corrected chi connectivity index (χ3v) is 7.96. The Bertz CT molecular complexity index is 1330. The Kier molecular flexibility index (Phi) is 5.85. The largest absolute Gasteiger partial charge is 0.341 e. The van der Waals surface area contributed by atoms with Crippen molar-refractivity contribution in [2.24, 2.45) is 14.1 Å². The number of nitrogens with zero attached hydrogens (tertiary/aromatic N) is 4. The summed E-state index contributed by atoms with van der Waals surface area (Å²) >= 11 is 0. The monoisotopic (exact) mass is 456 g/mol. The lowest BCUT2D eigenvalue weighted by atomic mass is 10.1. The van der Waals surface area contributed by atoms with E-state index in [9.17, 15) is 18.0 Å². The molecule has 0 atom stereocenters. The maximum atomic E-state index is 13.8. The zero-order valence-electron chi connectivity index (χ0n) is 18.6. The van der Waals surface area contributed by atoms with Gasteiger partial charge in [-0.1, -0.05) is 18.2 Å². The molecule has 170 valence electrons. The van der Waals surface area contributed by atoms with E-state index in [0.717, 1.165) is 24.8 Å². The highest BCUT2D eigenvalue weighted by molar-refractivity contribution is 7.92. The van der Waals surface area contributed by atoms with Crippen molar-refractivity contribution in [1.82, 2.24) is 14.0 Å². The summed E-state index contributed by atoms with van der Waals surface area (Å²) in [6, 6.07) is 11.8. The van der Waals surface area contributed by atoms with Gasteiger partial charge in [0.15, 0.2) is 0 Å². The number of anilines is 1. The Morgan fingerprint density at radius 1 is 0.969 bits per heavy atom. The van der Waals surface area contributed by atoms with Crippen LogP contribution in [0.4, 0.5) is 5.69 Å². The molecule has 1 aliphatic rings. The van der Waals surface area contributed by atoms with E-state index < -0.39 is 10.0 Å². The van der Waals surface area contributed by atoms with Gasteiger partial charge in [0.1, 0.15) is 6.54 Å². The molecule has 0 saturated carbocycles. The lowest BCUT2D eigenvalue weighted by Gasteiger charge is -2.31. The quantitative estimate of drug-likeness (QED) is 0.590. The number of hydrogen-bond donors (Lipinski definition) is 0. The van der Waals surface area contributed by atoms with Crippen LogP contribution in [0.15, 0.2) is 52.2 Å². The van der Waals surface area contributed by atoms with Gasteiger partial charge in [-0.25, -0.2) is 13.2 Å². The van der Waals surface area contributed by atoms with Gasteiger partial charge >= 0.3 is 5.69 Å². The molecule has 32 heavy (non-hydrogen) atoms. The number of imidazole rings is 1. The van der Waals surface area contributed by atoms with Gasteiger partial charge in [-0.05, 0) is 56.0 Å². The first kappa shape index (κ1) is 22.1. The van der Waals surface area contributed by atoms with Crippen LogP contribution in [0.25, 0.3) is 11.0 Å². The average Bonchev–Trinajstić information content (AvgIpc) is 3.02. The number of para-hydroxylation sites is 1. The van der Waals surface area contributed by atoms with E-state index in [0.29, 0.717) is 29.8 Å². The van der Waals surface area contributed by atoms with Crippen LogP contribution < -0.4 is 9.99 Å². The molecule has 1 fully saturated rings. The molecule has 8 nitrogen and oxygen atoms in total. The zero-order valence-corrected chi connectivity index (χ0v) is 19.4. The topological polar surface area (TPSA) is 84.6 Å². The molecule has 0 N–H and O–H groups in total. The van der Waals surface area contributed by atoms with Crippen LogP contribution in [0.1, 0.15) is 24.8 Å². The molecule has 0 radical (unpaired) electrons. The summed E-state index contributed by atoms with van der Waals surface area (Å²) < 4.78 is 31.7. The van der Waals surface area contributed by atoms with Crippen LogP contribution in [0.5, 0.6) is 0 Å². The van der Waals surface area contributed by atoms with E-state index in [1.165, 1.54) is 25.6 Å². The number of amides is 1. The van der Waals surface area contributed by atoms with E-state index in [2.05, 4.69) is 0 Å². The van der Waals surface area contributed by atoms with Crippen LogP contribution in [0.2, 0.25) is 0 Å². The number of aromatic nitrogens is 2. The predicted octanol–water partition coefficient (Wildman–Crippen LogP) is 2.39. The number of piperidine rings is 1. The zero-order chi connectivity index (χ0) is 23.0. The summed E-state index contributed by atoms with van der Waals surface area (Å²) in [7, 11) is -0.801. The molecule has 1 aromatic heterocycles. The highest BCUT2D eigenvalue weighted by Crippen LogP contribution is 2.28. The molecule has 1 saturated heterocycles. The SMILES string of the molecule is Cc1ccccc1N(CC(=O)N1CCCCC1)S(=O)(=O)c1ccc2c(c1)n(C)c(=O)n2C. The second-order valence-electron chi connectivity index (χ2n) is 8.29. The first-order valence-electron chi connectivity index (χ1n) is 10.7. The van der Waals surface area contributed by atoms with E-state index in [-0.39, 0.29) is 23.0 Å². The minimum absolute atomic E-state index is 0.0425. The van der Waals surface area contributed by atoms with Crippen molar-refractivity contribution >= 4 is 32.7 Å². The molecule has 2 heterocycles. The van der Waals surface area contributed by atoms with Gasteiger partial charge in [0.05, 0.1) is 21.6 Å². The van der Waals surface area contributed by atoms with Crippen molar-refractivity contribution in [2.45, 2.75) is 31.1 Å². The third kappa shape index (κ3) is 3.81. The van der Waals surface area contributed by atoms with E-state index in [1.54, 1.807) is 37.2 Å². The van der Waals surface area contributed by atoms with E-state index >= 15 is 0 Å². The van der Waals surface area contributed by atoms with Crippen molar-refractivity contribution in [3.63, 3.8) is 0 Å². The molecular weight excluding hydrogens is 428 g/mol. The van der Waals surface area contributed by atoms with Gasteiger partial charge in [0, 0.05) is 27.2 Å². The number of fused-ring (bicyclic) bond motifs is 1. The maximum absolute atomic E-state index is 13.8. The van der Waals surface area contributed by atoms with Crippen molar-refractivity contribution < 1.29 is 13.2 Å². The molecule has 1 amide bonds. The third-order valence-electron chi connectivity index (χ3n) is 6.20. The number of carbonyl (C=O) groups excluding carboxylic acids is 1. The molecule has 2 aromatic carbocycles. The van der Waals surface area contributed by atoms with Crippen LogP contribution in [-0.4, -0.2) is 48.0 Å². The lowest BCUT2D eigenvalue weighted by molar-refractivity contribution is -0.130. The van der Waals surface area contributed by atoms with Crippen molar-refractivity contribution in [1.29, 1.82) is 0 Å². The van der Waals surface area contributed by atoms with Crippen molar-refractivity contribution in [3.8, 4) is 0 Å². The van der Waals surface area contributed by atoms with Gasteiger partial charge in [-0.15, -0.1) is 0 Å². The van der Waals surface area contributed by atoms with Gasteiger partial charge in [0.2, 0.25) is 5.91 Å². The smallest absolute Gasteiger partial charge is 0.328 e. The Morgan fingerprint density at radius 2 is 1.62 bits per heavy atom. The molecule has 0 spiro atoms. The molecule has 3 aromatic rings. The summed E-state index contributed by atoms with van der Waals surface area (Å²) in [4.78, 5) is 27.1. The number of rotatable bonds is 5. The van der Waals surface area contributed by atoms with Gasteiger partial charge in [-0.2, -0.15) is 0 Å². The van der Waals surface area contributed by atoms with Crippen LogP contribution in [0, 0.1) is 6.92 Å². The molecule has 4 rings (SSSR count). The normalized spacial score (nSPS) is 14.7. The highest BCUT2D eigenvalue weighted by Gasteiger charge is 2.31. The predicted molar refractivity (Wildman–Crippen MR) is 124 cm³/mol. The van der Waals surface area contributed by atoms with Gasteiger partial charge in [0.25, 0.3) is 10.0 Å². The second-order valence-corrected chi connectivity index (χ2v) is 10.2. The Hall–Kier alpha value is -3.07. The molecule has 1 aliphatic heterocycles. The fraction of sp³-hybridized carbons (Fsp3) is 0.391. The fourth-order valence-electron chi connectivity index (χ4n) is 4.28. The van der Waals surface area contributed by atoms with Crippen LogP contribution >= 0.6 is 0 Å². The van der Waals surface area contributed by atoms with Crippen LogP contribution in [-0.2, 0) is 28.9 Å². The first-order chi connectivity index (χ1) is 15.2. The summed E-state index contributed by atoms with van der Waals surface area (Å²) in [5, 5.41) is 0.